The highest BCUT2D eigenvalue weighted by atomic mass is 16.1. The summed E-state index contributed by atoms with van der Waals surface area (Å²) in [5, 5.41) is 0. The number of rotatable bonds is 5. The first-order valence-electron chi connectivity index (χ1n) is 6.76. The fourth-order valence-electron chi connectivity index (χ4n) is 2.40. The number of carbonyl (C=O) groups excluding carboxylic acids is 1. The van der Waals surface area contributed by atoms with Crippen LogP contribution >= 0.6 is 0 Å². The third kappa shape index (κ3) is 3.38. The first-order chi connectivity index (χ1) is 9.58. The zero-order valence-electron chi connectivity index (χ0n) is 12.0. The van der Waals surface area contributed by atoms with Gasteiger partial charge < -0.3 is 10.3 Å². The van der Waals surface area contributed by atoms with Gasteiger partial charge in [-0.3, -0.25) is 4.79 Å². The second-order valence-electron chi connectivity index (χ2n) is 4.95. The number of aromatic nitrogens is 1. The van der Waals surface area contributed by atoms with Crippen LogP contribution < -0.4 is 5.73 Å². The number of hydrogen-bond donors (Lipinski definition) is 1. The van der Waals surface area contributed by atoms with E-state index in [1.807, 2.05) is 6.07 Å². The normalized spacial score (nSPS) is 11.1. The van der Waals surface area contributed by atoms with Crippen molar-refractivity contribution >= 4 is 12.0 Å². The van der Waals surface area contributed by atoms with Gasteiger partial charge in [-0.2, -0.15) is 0 Å². The maximum atomic E-state index is 10.8. The van der Waals surface area contributed by atoms with Crippen LogP contribution in [0.25, 0.3) is 6.08 Å². The van der Waals surface area contributed by atoms with Gasteiger partial charge in [0.1, 0.15) is 0 Å². The third-order valence-electron chi connectivity index (χ3n) is 3.51. The molecule has 0 bridgehead atoms. The van der Waals surface area contributed by atoms with Crippen molar-refractivity contribution in [2.75, 3.05) is 0 Å². The standard InChI is InChI=1S/C17H20N2O/c1-13-12-16(8-9-17(18)20)14(2)19(13)11-10-15-6-4-3-5-7-15/h3-9,12H,10-11H2,1-2H3,(H2,18,20)/b9-8+. The van der Waals surface area contributed by atoms with E-state index >= 15 is 0 Å². The largest absolute Gasteiger partial charge is 0.366 e. The van der Waals surface area contributed by atoms with Crippen molar-refractivity contribution in [3.05, 3.63) is 65.0 Å². The van der Waals surface area contributed by atoms with Gasteiger partial charge in [-0.25, -0.2) is 0 Å². The van der Waals surface area contributed by atoms with E-state index in [1.54, 1.807) is 6.08 Å². The molecular formula is C17H20N2O. The summed E-state index contributed by atoms with van der Waals surface area (Å²) in [6.45, 7) is 5.09. The van der Waals surface area contributed by atoms with E-state index in [2.05, 4.69) is 48.7 Å². The van der Waals surface area contributed by atoms with E-state index in [-0.39, 0.29) is 0 Å². The van der Waals surface area contributed by atoms with Crippen LogP contribution in [-0.4, -0.2) is 10.5 Å². The number of aryl methyl sites for hydroxylation is 2. The molecule has 104 valence electrons. The van der Waals surface area contributed by atoms with E-state index in [0.29, 0.717) is 0 Å². The minimum atomic E-state index is -0.418. The second-order valence-corrected chi connectivity index (χ2v) is 4.95. The zero-order chi connectivity index (χ0) is 14.5. The number of carbonyl (C=O) groups is 1. The number of amides is 1. The number of benzene rings is 1. The highest BCUT2D eigenvalue weighted by Crippen LogP contribution is 2.17. The quantitative estimate of drug-likeness (QED) is 0.833. The van der Waals surface area contributed by atoms with Crippen molar-refractivity contribution < 1.29 is 4.79 Å². The van der Waals surface area contributed by atoms with Gasteiger partial charge >= 0.3 is 0 Å². The summed E-state index contributed by atoms with van der Waals surface area (Å²) >= 11 is 0. The summed E-state index contributed by atoms with van der Waals surface area (Å²) in [5.41, 5.74) is 9.88. The van der Waals surface area contributed by atoms with Gasteiger partial charge in [-0.15, -0.1) is 0 Å². The monoisotopic (exact) mass is 268 g/mol. The molecule has 1 aromatic heterocycles. The summed E-state index contributed by atoms with van der Waals surface area (Å²) in [5.74, 6) is -0.418. The highest BCUT2D eigenvalue weighted by Gasteiger charge is 2.07. The van der Waals surface area contributed by atoms with Crippen molar-refractivity contribution in [1.29, 1.82) is 0 Å². The van der Waals surface area contributed by atoms with Crippen molar-refractivity contribution in [3.63, 3.8) is 0 Å². The van der Waals surface area contributed by atoms with E-state index in [9.17, 15) is 4.79 Å². The molecule has 2 N–H and O–H groups in total. The number of nitrogens with zero attached hydrogens (tertiary/aromatic N) is 1. The van der Waals surface area contributed by atoms with Crippen LogP contribution in [0, 0.1) is 13.8 Å². The predicted octanol–water partition coefficient (Wildman–Crippen LogP) is 2.85. The van der Waals surface area contributed by atoms with E-state index in [1.165, 1.54) is 17.3 Å². The fourth-order valence-corrected chi connectivity index (χ4v) is 2.40. The molecule has 1 aromatic carbocycles. The Balaban J connectivity index is 2.14. The Morgan fingerprint density at radius 3 is 2.60 bits per heavy atom. The number of primary amides is 1. The van der Waals surface area contributed by atoms with Crippen LogP contribution in [0.3, 0.4) is 0 Å². The summed E-state index contributed by atoms with van der Waals surface area (Å²) in [7, 11) is 0. The van der Waals surface area contributed by atoms with Crippen LogP contribution in [0.1, 0.15) is 22.5 Å². The molecule has 2 aromatic rings. The molecule has 0 aliphatic rings. The lowest BCUT2D eigenvalue weighted by Crippen LogP contribution is -2.06. The van der Waals surface area contributed by atoms with Crippen LogP contribution in [0.5, 0.6) is 0 Å². The van der Waals surface area contributed by atoms with E-state index in [4.69, 9.17) is 5.73 Å². The average Bonchev–Trinajstić information content (AvgIpc) is 2.70. The van der Waals surface area contributed by atoms with Crippen LogP contribution in [0.4, 0.5) is 0 Å². The van der Waals surface area contributed by atoms with Crippen molar-refractivity contribution in [1.82, 2.24) is 4.57 Å². The maximum Gasteiger partial charge on any atom is 0.241 e. The molecule has 3 nitrogen and oxygen atoms in total. The van der Waals surface area contributed by atoms with Crippen molar-refractivity contribution in [2.24, 2.45) is 5.73 Å². The van der Waals surface area contributed by atoms with Gasteiger partial charge in [-0.05, 0) is 43.5 Å². The Hall–Kier alpha value is -2.29. The van der Waals surface area contributed by atoms with Gasteiger partial charge in [0.25, 0.3) is 0 Å². The smallest absolute Gasteiger partial charge is 0.241 e. The Morgan fingerprint density at radius 2 is 1.95 bits per heavy atom. The molecular weight excluding hydrogens is 248 g/mol. The molecule has 0 saturated carbocycles. The topological polar surface area (TPSA) is 48.0 Å². The lowest BCUT2D eigenvalue weighted by molar-refractivity contribution is -0.113. The molecule has 1 amide bonds. The molecule has 0 unspecified atom stereocenters. The van der Waals surface area contributed by atoms with Crippen LogP contribution in [-0.2, 0) is 17.8 Å². The molecule has 0 atom stereocenters. The number of nitrogens with two attached hydrogens (primary N) is 1. The molecule has 0 spiro atoms. The SMILES string of the molecule is Cc1cc(/C=C/C(N)=O)c(C)n1CCc1ccccc1. The summed E-state index contributed by atoms with van der Waals surface area (Å²) in [4.78, 5) is 10.8. The van der Waals surface area contributed by atoms with Gasteiger partial charge in [0.2, 0.25) is 5.91 Å². The molecule has 1 heterocycles. The minimum absolute atomic E-state index is 0.418. The molecule has 20 heavy (non-hydrogen) atoms. The van der Waals surface area contributed by atoms with Gasteiger partial charge in [-0.1, -0.05) is 30.3 Å². The Kier molecular flexibility index (Phi) is 4.41. The van der Waals surface area contributed by atoms with Crippen molar-refractivity contribution in [2.45, 2.75) is 26.8 Å². The number of hydrogen-bond acceptors (Lipinski definition) is 1. The van der Waals surface area contributed by atoms with Crippen LogP contribution in [0.15, 0.2) is 42.5 Å². The second kappa shape index (κ2) is 6.24. The molecule has 2 rings (SSSR count). The van der Waals surface area contributed by atoms with Gasteiger partial charge in [0, 0.05) is 24.0 Å². The first-order valence-corrected chi connectivity index (χ1v) is 6.76. The highest BCUT2D eigenvalue weighted by molar-refractivity contribution is 5.90. The van der Waals surface area contributed by atoms with Crippen LogP contribution in [0.2, 0.25) is 0 Å². The zero-order valence-corrected chi connectivity index (χ0v) is 12.0. The molecule has 0 aliphatic heterocycles. The lowest BCUT2D eigenvalue weighted by Gasteiger charge is -2.09. The molecule has 0 aliphatic carbocycles. The summed E-state index contributed by atoms with van der Waals surface area (Å²) in [6, 6.07) is 12.5. The lowest BCUT2D eigenvalue weighted by atomic mass is 10.1. The van der Waals surface area contributed by atoms with E-state index in [0.717, 1.165) is 24.2 Å². The van der Waals surface area contributed by atoms with E-state index < -0.39 is 5.91 Å². The first kappa shape index (κ1) is 14.1. The minimum Gasteiger partial charge on any atom is -0.366 e. The van der Waals surface area contributed by atoms with Crippen molar-refractivity contribution in [3.8, 4) is 0 Å². The Bertz CT molecular complexity index is 624. The molecule has 0 radical (unpaired) electrons. The Labute approximate surface area is 119 Å². The molecule has 0 saturated heterocycles. The average molecular weight is 268 g/mol. The summed E-state index contributed by atoms with van der Waals surface area (Å²) < 4.78 is 2.27. The van der Waals surface area contributed by atoms with Gasteiger partial charge in [0.15, 0.2) is 0 Å². The van der Waals surface area contributed by atoms with Gasteiger partial charge in [0.05, 0.1) is 0 Å². The molecule has 0 fully saturated rings. The Morgan fingerprint density at radius 1 is 1.25 bits per heavy atom. The predicted molar refractivity (Wildman–Crippen MR) is 82.3 cm³/mol. The summed E-state index contributed by atoms with van der Waals surface area (Å²) in [6.07, 6.45) is 4.18. The fraction of sp³-hybridized carbons (Fsp3) is 0.235. The molecule has 3 heteroatoms. The maximum absolute atomic E-state index is 10.8. The third-order valence-corrected chi connectivity index (χ3v) is 3.51.